The molecule has 104 valence electrons. The molecule has 1 rings (SSSR count). The number of benzene rings is 1. The molecule has 1 aromatic rings. The number of alkyl halides is 1. The molecule has 0 aliphatic carbocycles. The molecular weight excluding hydrogens is 278 g/mol. The summed E-state index contributed by atoms with van der Waals surface area (Å²) in [5, 5.41) is 8.64. The van der Waals surface area contributed by atoms with Crippen molar-refractivity contribution in [3.05, 3.63) is 35.1 Å². The van der Waals surface area contributed by atoms with Gasteiger partial charge < -0.3 is 10.5 Å². The van der Waals surface area contributed by atoms with Crippen molar-refractivity contribution in [1.29, 1.82) is 5.26 Å². The summed E-state index contributed by atoms with van der Waals surface area (Å²) in [6.07, 6.45) is -2.05. The van der Waals surface area contributed by atoms with E-state index in [1.807, 2.05) is 0 Å². The Bertz CT molecular complexity index is 491. The van der Waals surface area contributed by atoms with Gasteiger partial charge in [0.15, 0.2) is 0 Å². The molecule has 0 aromatic heterocycles. The first-order valence-electron chi connectivity index (χ1n) is 5.27. The Labute approximate surface area is 115 Å². The number of halogens is 3. The average molecular weight is 291 g/mol. The summed E-state index contributed by atoms with van der Waals surface area (Å²) >= 11 is 0. The lowest BCUT2D eigenvalue weighted by Crippen LogP contribution is -2.31. The highest BCUT2D eigenvalue weighted by atomic mass is 35.5. The van der Waals surface area contributed by atoms with Crippen LogP contribution in [0.3, 0.4) is 0 Å². The maximum Gasteiger partial charge on any atom is 0.342 e. The van der Waals surface area contributed by atoms with Gasteiger partial charge in [0, 0.05) is 0 Å². The Morgan fingerprint density at radius 3 is 2.74 bits per heavy atom. The van der Waals surface area contributed by atoms with Crippen molar-refractivity contribution in [2.45, 2.75) is 19.1 Å². The number of nitriles is 1. The van der Waals surface area contributed by atoms with Crippen LogP contribution in [0.5, 0.6) is 0 Å². The number of esters is 1. The van der Waals surface area contributed by atoms with E-state index in [0.29, 0.717) is 0 Å². The smallest absolute Gasteiger partial charge is 0.342 e. The van der Waals surface area contributed by atoms with Crippen LogP contribution in [0.25, 0.3) is 0 Å². The first kappa shape index (κ1) is 17.3. The maximum atomic E-state index is 13.6. The quantitative estimate of drug-likeness (QED) is 0.861. The van der Waals surface area contributed by atoms with Crippen molar-refractivity contribution in [1.82, 2.24) is 0 Å². The summed E-state index contributed by atoms with van der Waals surface area (Å²) in [6, 6.07) is 3.67. The molecule has 0 bridgehead atoms. The summed E-state index contributed by atoms with van der Waals surface area (Å²) < 4.78 is 31.2. The fraction of sp³-hybridized carbons (Fsp3) is 0.333. The third-order valence-corrected chi connectivity index (χ3v) is 2.32. The van der Waals surface area contributed by atoms with Crippen molar-refractivity contribution >= 4 is 18.4 Å². The predicted molar refractivity (Wildman–Crippen MR) is 66.8 cm³/mol. The zero-order chi connectivity index (χ0) is 13.7. The molecule has 0 aliphatic rings. The first-order chi connectivity index (χ1) is 8.51. The monoisotopic (exact) mass is 290 g/mol. The summed E-state index contributed by atoms with van der Waals surface area (Å²) in [5.41, 5.74) is 5.45. The van der Waals surface area contributed by atoms with Crippen molar-refractivity contribution in [3.8, 4) is 6.07 Å². The summed E-state index contributed by atoms with van der Waals surface area (Å²) in [5.74, 6) is -1.80. The Morgan fingerprint density at radius 1 is 1.58 bits per heavy atom. The zero-order valence-electron chi connectivity index (χ0n) is 10.1. The number of hydrogen-bond acceptors (Lipinski definition) is 4. The molecular formula is C12H13ClF2N2O2. The molecule has 0 aliphatic heterocycles. The van der Waals surface area contributed by atoms with Crippen molar-refractivity contribution in [2.24, 2.45) is 5.73 Å². The van der Waals surface area contributed by atoms with Gasteiger partial charge in [-0.2, -0.15) is 5.26 Å². The van der Waals surface area contributed by atoms with E-state index in [-0.39, 0.29) is 30.1 Å². The molecule has 0 spiro atoms. The van der Waals surface area contributed by atoms with Gasteiger partial charge >= 0.3 is 5.97 Å². The zero-order valence-corrected chi connectivity index (χ0v) is 10.9. The molecule has 0 saturated carbocycles. The second kappa shape index (κ2) is 7.67. The molecule has 1 aromatic carbocycles. The van der Waals surface area contributed by atoms with Gasteiger partial charge in [-0.05, 0) is 24.6 Å². The van der Waals surface area contributed by atoms with Crippen LogP contribution in [-0.4, -0.2) is 18.7 Å². The largest absolute Gasteiger partial charge is 0.464 e. The van der Waals surface area contributed by atoms with Crippen molar-refractivity contribution in [2.75, 3.05) is 6.61 Å². The van der Waals surface area contributed by atoms with Crippen LogP contribution in [0.15, 0.2) is 18.2 Å². The van der Waals surface area contributed by atoms with E-state index in [2.05, 4.69) is 4.74 Å². The highest BCUT2D eigenvalue weighted by molar-refractivity contribution is 5.85. The van der Waals surface area contributed by atoms with E-state index in [4.69, 9.17) is 11.0 Å². The Balaban J connectivity index is 0.00000324. The van der Waals surface area contributed by atoms with Crippen LogP contribution in [0, 0.1) is 17.1 Å². The second-order valence-electron chi connectivity index (χ2n) is 3.53. The summed E-state index contributed by atoms with van der Waals surface area (Å²) in [7, 11) is 0. The van der Waals surface area contributed by atoms with Crippen LogP contribution in [0.1, 0.15) is 24.1 Å². The number of nitrogens with two attached hydrogens (primary N) is 1. The number of carbonyl (C=O) groups is 1. The molecule has 0 saturated heterocycles. The highest BCUT2D eigenvalue weighted by Gasteiger charge is 2.28. The molecule has 4 nitrogen and oxygen atoms in total. The minimum atomic E-state index is -2.05. The van der Waals surface area contributed by atoms with Gasteiger partial charge in [-0.25, -0.2) is 13.6 Å². The SMILES string of the molecule is CCOC(=O)C(F)[C@@H](N)c1ccc(F)c(C#N)c1.Cl. The molecule has 1 unspecified atom stereocenters. The Morgan fingerprint density at radius 2 is 2.21 bits per heavy atom. The van der Waals surface area contributed by atoms with E-state index in [1.54, 1.807) is 13.0 Å². The fourth-order valence-corrected chi connectivity index (χ4v) is 1.37. The van der Waals surface area contributed by atoms with Gasteiger partial charge in [0.25, 0.3) is 0 Å². The molecule has 2 atom stereocenters. The number of rotatable bonds is 4. The number of hydrogen-bond donors (Lipinski definition) is 1. The van der Waals surface area contributed by atoms with Crippen LogP contribution in [-0.2, 0) is 9.53 Å². The maximum absolute atomic E-state index is 13.6. The minimum absolute atomic E-state index is 0. The second-order valence-corrected chi connectivity index (χ2v) is 3.53. The third kappa shape index (κ3) is 4.16. The molecule has 0 heterocycles. The normalized spacial score (nSPS) is 12.8. The van der Waals surface area contributed by atoms with E-state index in [0.717, 1.165) is 12.1 Å². The van der Waals surface area contributed by atoms with E-state index >= 15 is 0 Å². The first-order valence-corrected chi connectivity index (χ1v) is 5.27. The topological polar surface area (TPSA) is 76.1 Å². The van der Waals surface area contributed by atoms with E-state index < -0.39 is 24.0 Å². The van der Waals surface area contributed by atoms with Crippen LogP contribution in [0.4, 0.5) is 8.78 Å². The number of ether oxygens (including phenoxy) is 1. The van der Waals surface area contributed by atoms with Gasteiger partial charge in [0.05, 0.1) is 18.2 Å². The molecule has 19 heavy (non-hydrogen) atoms. The standard InChI is InChI=1S/C12H12F2N2O2.ClH/c1-2-18-12(17)10(14)11(16)7-3-4-9(13)8(5-7)6-15;/h3-5,10-11H,2,16H2,1H3;1H/t10?,11-;/m0./s1. The molecule has 2 N–H and O–H groups in total. The van der Waals surface area contributed by atoms with Crippen LogP contribution < -0.4 is 5.73 Å². The molecule has 0 radical (unpaired) electrons. The van der Waals surface area contributed by atoms with Crippen LogP contribution in [0.2, 0.25) is 0 Å². The van der Waals surface area contributed by atoms with Gasteiger partial charge in [-0.1, -0.05) is 6.07 Å². The van der Waals surface area contributed by atoms with Gasteiger partial charge in [-0.15, -0.1) is 12.4 Å². The summed E-state index contributed by atoms with van der Waals surface area (Å²) in [4.78, 5) is 11.2. The minimum Gasteiger partial charge on any atom is -0.464 e. The van der Waals surface area contributed by atoms with Crippen LogP contribution >= 0.6 is 12.4 Å². The molecule has 0 fully saturated rings. The number of nitrogens with zero attached hydrogens (tertiary/aromatic N) is 1. The average Bonchev–Trinajstić information content (AvgIpc) is 2.38. The highest BCUT2D eigenvalue weighted by Crippen LogP contribution is 2.20. The van der Waals surface area contributed by atoms with Gasteiger partial charge in [0.1, 0.15) is 11.9 Å². The fourth-order valence-electron chi connectivity index (χ4n) is 1.37. The predicted octanol–water partition coefficient (Wildman–Crippen LogP) is 2.02. The lowest BCUT2D eigenvalue weighted by atomic mass is 10.0. The van der Waals surface area contributed by atoms with E-state index in [9.17, 15) is 13.6 Å². The van der Waals surface area contributed by atoms with Gasteiger partial charge in [-0.3, -0.25) is 0 Å². The Hall–Kier alpha value is -1.71. The summed E-state index contributed by atoms with van der Waals surface area (Å²) in [6.45, 7) is 1.58. The molecule has 7 heteroatoms. The van der Waals surface area contributed by atoms with Gasteiger partial charge in [0.2, 0.25) is 6.17 Å². The molecule has 0 amide bonds. The lowest BCUT2D eigenvalue weighted by molar-refractivity contribution is -0.149. The Kier molecular flexibility index (Phi) is 6.98. The number of carbonyl (C=O) groups excluding carboxylic acids is 1. The van der Waals surface area contributed by atoms with Crippen molar-refractivity contribution < 1.29 is 18.3 Å². The van der Waals surface area contributed by atoms with E-state index in [1.165, 1.54) is 6.07 Å². The lowest BCUT2D eigenvalue weighted by Gasteiger charge is -2.16. The van der Waals surface area contributed by atoms with Crippen molar-refractivity contribution in [3.63, 3.8) is 0 Å². The third-order valence-electron chi connectivity index (χ3n) is 2.32.